The lowest BCUT2D eigenvalue weighted by Crippen LogP contribution is -2.16. The fourth-order valence-corrected chi connectivity index (χ4v) is 3.32. The molecule has 0 aliphatic carbocycles. The molecule has 138 valence electrons. The molecule has 0 aliphatic rings. The average Bonchev–Trinajstić information content (AvgIpc) is 2.98. The van der Waals surface area contributed by atoms with Crippen molar-refractivity contribution in [1.29, 1.82) is 0 Å². The van der Waals surface area contributed by atoms with Crippen LogP contribution in [0.3, 0.4) is 0 Å². The standard InChI is InChI=1S/C21H24ClFN2O/c1-2-26-11-5-10-24-13-17-15-25(21-7-4-3-6-19(17)21)14-16-8-9-18(23)12-20(16)22/h3-4,6-9,12,15,24H,2,5,10-11,13-14H2,1H3. The molecule has 26 heavy (non-hydrogen) atoms. The number of para-hydroxylation sites is 1. The quantitative estimate of drug-likeness (QED) is 0.533. The Bertz CT molecular complexity index is 862. The highest BCUT2D eigenvalue weighted by Crippen LogP contribution is 2.25. The Morgan fingerprint density at radius 3 is 2.81 bits per heavy atom. The molecule has 3 aromatic rings. The summed E-state index contributed by atoms with van der Waals surface area (Å²) in [4.78, 5) is 0. The molecular weight excluding hydrogens is 351 g/mol. The van der Waals surface area contributed by atoms with Crippen LogP contribution >= 0.6 is 11.6 Å². The highest BCUT2D eigenvalue weighted by Gasteiger charge is 2.10. The van der Waals surface area contributed by atoms with Gasteiger partial charge in [0.15, 0.2) is 0 Å². The van der Waals surface area contributed by atoms with Gasteiger partial charge in [0.25, 0.3) is 0 Å². The lowest BCUT2D eigenvalue weighted by Gasteiger charge is -2.07. The number of nitrogens with one attached hydrogen (secondary N) is 1. The number of aromatic nitrogens is 1. The zero-order valence-electron chi connectivity index (χ0n) is 15.0. The van der Waals surface area contributed by atoms with Crippen LogP contribution in [0.15, 0.2) is 48.7 Å². The summed E-state index contributed by atoms with van der Waals surface area (Å²) in [6.07, 6.45) is 3.15. The lowest BCUT2D eigenvalue weighted by atomic mass is 10.2. The maximum atomic E-state index is 13.3. The van der Waals surface area contributed by atoms with E-state index in [-0.39, 0.29) is 5.82 Å². The summed E-state index contributed by atoms with van der Waals surface area (Å²) in [5, 5.41) is 5.16. The SMILES string of the molecule is CCOCCCNCc1cn(Cc2ccc(F)cc2Cl)c2ccccc12. The molecule has 0 atom stereocenters. The summed E-state index contributed by atoms with van der Waals surface area (Å²) in [6.45, 7) is 5.90. The molecule has 0 fully saturated rings. The number of rotatable bonds is 9. The Morgan fingerprint density at radius 1 is 1.15 bits per heavy atom. The first-order valence-corrected chi connectivity index (χ1v) is 9.36. The minimum absolute atomic E-state index is 0.312. The van der Waals surface area contributed by atoms with Gasteiger partial charge in [-0.2, -0.15) is 0 Å². The van der Waals surface area contributed by atoms with Crippen molar-refractivity contribution in [3.8, 4) is 0 Å². The smallest absolute Gasteiger partial charge is 0.124 e. The van der Waals surface area contributed by atoms with Crippen molar-refractivity contribution in [2.75, 3.05) is 19.8 Å². The van der Waals surface area contributed by atoms with E-state index in [4.69, 9.17) is 16.3 Å². The fraction of sp³-hybridized carbons (Fsp3) is 0.333. The summed E-state index contributed by atoms with van der Waals surface area (Å²) < 4.78 is 20.8. The van der Waals surface area contributed by atoms with Crippen molar-refractivity contribution in [1.82, 2.24) is 9.88 Å². The highest BCUT2D eigenvalue weighted by molar-refractivity contribution is 6.31. The van der Waals surface area contributed by atoms with Crippen molar-refractivity contribution in [3.63, 3.8) is 0 Å². The van der Waals surface area contributed by atoms with E-state index < -0.39 is 0 Å². The second-order valence-corrected chi connectivity index (χ2v) is 6.67. The molecule has 3 rings (SSSR count). The normalized spacial score (nSPS) is 11.3. The molecule has 5 heteroatoms. The van der Waals surface area contributed by atoms with E-state index in [1.165, 1.54) is 23.1 Å². The zero-order valence-corrected chi connectivity index (χ0v) is 15.7. The van der Waals surface area contributed by atoms with Crippen molar-refractivity contribution in [3.05, 3.63) is 70.6 Å². The summed E-state index contributed by atoms with van der Waals surface area (Å²) in [7, 11) is 0. The summed E-state index contributed by atoms with van der Waals surface area (Å²) in [6, 6.07) is 12.9. The third-order valence-electron chi connectivity index (χ3n) is 4.39. The lowest BCUT2D eigenvalue weighted by molar-refractivity contribution is 0.144. The van der Waals surface area contributed by atoms with Crippen LogP contribution in [0.25, 0.3) is 10.9 Å². The molecule has 0 unspecified atom stereocenters. The number of halogens is 2. The minimum Gasteiger partial charge on any atom is -0.382 e. The van der Waals surface area contributed by atoms with Crippen LogP contribution < -0.4 is 5.32 Å². The zero-order chi connectivity index (χ0) is 18.4. The van der Waals surface area contributed by atoms with Crippen LogP contribution in [0.1, 0.15) is 24.5 Å². The fourth-order valence-electron chi connectivity index (χ4n) is 3.09. The molecule has 0 radical (unpaired) electrons. The van der Waals surface area contributed by atoms with E-state index in [0.29, 0.717) is 11.6 Å². The first-order valence-electron chi connectivity index (χ1n) is 8.98. The predicted molar refractivity (Wildman–Crippen MR) is 105 cm³/mol. The van der Waals surface area contributed by atoms with E-state index in [0.717, 1.165) is 43.8 Å². The van der Waals surface area contributed by atoms with Gasteiger partial charge in [-0.3, -0.25) is 0 Å². The number of fused-ring (bicyclic) bond motifs is 1. The molecule has 0 spiro atoms. The van der Waals surface area contributed by atoms with Gasteiger partial charge in [0.2, 0.25) is 0 Å². The van der Waals surface area contributed by atoms with Gasteiger partial charge in [0, 0.05) is 48.4 Å². The second-order valence-electron chi connectivity index (χ2n) is 6.26. The highest BCUT2D eigenvalue weighted by atomic mass is 35.5. The van der Waals surface area contributed by atoms with E-state index in [1.807, 2.05) is 13.0 Å². The summed E-state index contributed by atoms with van der Waals surface area (Å²) in [5.41, 5.74) is 3.30. The molecule has 2 aromatic carbocycles. The predicted octanol–water partition coefficient (Wildman–Crippen LogP) is 5.00. The molecule has 1 heterocycles. The average molecular weight is 375 g/mol. The number of benzene rings is 2. The van der Waals surface area contributed by atoms with Gasteiger partial charge in [0.05, 0.1) is 0 Å². The molecular formula is C21H24ClFN2O. The van der Waals surface area contributed by atoms with Gasteiger partial charge in [-0.25, -0.2) is 4.39 Å². The first-order chi connectivity index (χ1) is 12.7. The van der Waals surface area contributed by atoms with Gasteiger partial charge >= 0.3 is 0 Å². The maximum Gasteiger partial charge on any atom is 0.124 e. The number of hydrogen-bond donors (Lipinski definition) is 1. The number of hydrogen-bond acceptors (Lipinski definition) is 2. The van der Waals surface area contributed by atoms with Crippen molar-refractivity contribution in [2.45, 2.75) is 26.4 Å². The van der Waals surface area contributed by atoms with E-state index in [2.05, 4.69) is 34.3 Å². The Kier molecular flexibility index (Phi) is 6.67. The van der Waals surface area contributed by atoms with E-state index in [1.54, 1.807) is 6.07 Å². The largest absolute Gasteiger partial charge is 0.382 e. The van der Waals surface area contributed by atoms with Crippen molar-refractivity contribution in [2.24, 2.45) is 0 Å². The molecule has 1 N–H and O–H groups in total. The van der Waals surface area contributed by atoms with Crippen LogP contribution in [0.2, 0.25) is 5.02 Å². The van der Waals surface area contributed by atoms with Crippen LogP contribution in [0, 0.1) is 5.82 Å². The van der Waals surface area contributed by atoms with Crippen molar-refractivity contribution >= 4 is 22.5 Å². The van der Waals surface area contributed by atoms with E-state index in [9.17, 15) is 4.39 Å². The molecule has 0 saturated heterocycles. The third-order valence-corrected chi connectivity index (χ3v) is 4.74. The number of nitrogens with zero attached hydrogens (tertiary/aromatic N) is 1. The molecule has 0 amide bonds. The molecule has 0 bridgehead atoms. The van der Waals surface area contributed by atoms with Crippen LogP contribution in [0.5, 0.6) is 0 Å². The van der Waals surface area contributed by atoms with Gasteiger partial charge in [-0.05, 0) is 49.2 Å². The molecule has 1 aromatic heterocycles. The Balaban J connectivity index is 1.74. The Morgan fingerprint density at radius 2 is 2.00 bits per heavy atom. The molecule has 3 nitrogen and oxygen atoms in total. The van der Waals surface area contributed by atoms with Gasteiger partial charge in [-0.1, -0.05) is 35.9 Å². The first kappa shape index (κ1) is 18.9. The van der Waals surface area contributed by atoms with Crippen LogP contribution in [0.4, 0.5) is 4.39 Å². The monoisotopic (exact) mass is 374 g/mol. The Hall–Kier alpha value is -1.88. The topological polar surface area (TPSA) is 26.2 Å². The van der Waals surface area contributed by atoms with Gasteiger partial charge in [-0.15, -0.1) is 0 Å². The summed E-state index contributed by atoms with van der Waals surface area (Å²) >= 11 is 6.20. The maximum absolute atomic E-state index is 13.3. The second kappa shape index (κ2) is 9.17. The van der Waals surface area contributed by atoms with E-state index >= 15 is 0 Å². The van der Waals surface area contributed by atoms with Crippen LogP contribution in [-0.4, -0.2) is 24.3 Å². The Labute approximate surface area is 158 Å². The number of ether oxygens (including phenoxy) is 1. The third kappa shape index (κ3) is 4.64. The molecule has 0 saturated carbocycles. The van der Waals surface area contributed by atoms with Gasteiger partial charge < -0.3 is 14.6 Å². The molecule has 0 aliphatic heterocycles. The van der Waals surface area contributed by atoms with Crippen LogP contribution in [-0.2, 0) is 17.8 Å². The van der Waals surface area contributed by atoms with Crippen molar-refractivity contribution < 1.29 is 9.13 Å². The van der Waals surface area contributed by atoms with Gasteiger partial charge in [0.1, 0.15) is 5.82 Å². The summed E-state index contributed by atoms with van der Waals surface area (Å²) in [5.74, 6) is -0.312. The minimum atomic E-state index is -0.312.